The summed E-state index contributed by atoms with van der Waals surface area (Å²) in [4.78, 5) is 18.0. The molecule has 0 amide bonds. The standard InChI is InChI=1S/C10H13I.2C2H4O2/c1-3-8-6-5-7-9(4-2)10(8)11;2*1-2(3)4/h5-7H,3-4H2,1-2H3;2*1H3,(H,3,4). The number of hydrogen-bond acceptors (Lipinski definition) is 2. The minimum atomic E-state index is -0.833. The molecule has 0 spiro atoms. The van der Waals surface area contributed by atoms with E-state index in [9.17, 15) is 0 Å². The number of rotatable bonds is 2. The zero-order chi connectivity index (χ0) is 15.4. The van der Waals surface area contributed by atoms with Gasteiger partial charge >= 0.3 is 0 Å². The maximum absolute atomic E-state index is 9.00. The van der Waals surface area contributed by atoms with Gasteiger partial charge in [0, 0.05) is 17.4 Å². The summed E-state index contributed by atoms with van der Waals surface area (Å²) in [5.74, 6) is -1.67. The van der Waals surface area contributed by atoms with E-state index in [1.807, 2.05) is 0 Å². The highest BCUT2D eigenvalue weighted by atomic mass is 127. The van der Waals surface area contributed by atoms with Crippen molar-refractivity contribution in [2.75, 3.05) is 0 Å². The van der Waals surface area contributed by atoms with Crippen molar-refractivity contribution in [2.45, 2.75) is 40.5 Å². The smallest absolute Gasteiger partial charge is 0.300 e. The summed E-state index contributed by atoms with van der Waals surface area (Å²) >= 11 is 2.44. The van der Waals surface area contributed by atoms with Crippen LogP contribution in [-0.2, 0) is 22.4 Å². The van der Waals surface area contributed by atoms with E-state index < -0.39 is 11.9 Å². The number of hydrogen-bond donors (Lipinski definition) is 2. The first-order valence-corrected chi connectivity index (χ1v) is 6.99. The molecule has 0 bridgehead atoms. The van der Waals surface area contributed by atoms with Crippen molar-refractivity contribution in [3.05, 3.63) is 32.9 Å². The van der Waals surface area contributed by atoms with Crippen molar-refractivity contribution in [2.24, 2.45) is 0 Å². The second-order valence-electron chi connectivity index (χ2n) is 3.64. The Balaban J connectivity index is 0. The van der Waals surface area contributed by atoms with Gasteiger partial charge in [0.05, 0.1) is 0 Å². The highest BCUT2D eigenvalue weighted by Crippen LogP contribution is 2.18. The largest absolute Gasteiger partial charge is 0.481 e. The fraction of sp³-hybridized carbons (Fsp3) is 0.429. The van der Waals surface area contributed by atoms with Crippen LogP contribution in [0.5, 0.6) is 0 Å². The lowest BCUT2D eigenvalue weighted by molar-refractivity contribution is -0.135. The molecule has 0 aliphatic rings. The Kier molecular flexibility index (Phi) is 12.7. The third-order valence-corrected chi connectivity index (χ3v) is 3.31. The summed E-state index contributed by atoms with van der Waals surface area (Å²) in [7, 11) is 0. The van der Waals surface area contributed by atoms with Gasteiger partial charge in [-0.3, -0.25) is 9.59 Å². The molecule has 0 atom stereocenters. The fourth-order valence-electron chi connectivity index (χ4n) is 1.18. The number of carbonyl (C=O) groups is 2. The zero-order valence-electron chi connectivity index (χ0n) is 11.7. The number of aliphatic carboxylic acids is 2. The molecule has 108 valence electrons. The van der Waals surface area contributed by atoms with E-state index in [4.69, 9.17) is 19.8 Å². The lowest BCUT2D eigenvalue weighted by Crippen LogP contribution is -1.91. The Labute approximate surface area is 128 Å². The Bertz CT molecular complexity index is 360. The average molecular weight is 380 g/mol. The molecule has 0 radical (unpaired) electrons. The van der Waals surface area contributed by atoms with Gasteiger partial charge < -0.3 is 10.2 Å². The van der Waals surface area contributed by atoms with Crippen LogP contribution in [0.4, 0.5) is 0 Å². The summed E-state index contributed by atoms with van der Waals surface area (Å²) < 4.78 is 1.45. The average Bonchev–Trinajstić information content (AvgIpc) is 2.28. The van der Waals surface area contributed by atoms with Crippen molar-refractivity contribution in [1.29, 1.82) is 0 Å². The maximum Gasteiger partial charge on any atom is 0.300 e. The molecule has 0 heterocycles. The van der Waals surface area contributed by atoms with Gasteiger partial charge in [-0.05, 0) is 46.6 Å². The first-order chi connectivity index (χ1) is 8.76. The molecule has 1 rings (SSSR count). The van der Waals surface area contributed by atoms with E-state index in [2.05, 4.69) is 54.6 Å². The minimum absolute atomic E-state index is 0.833. The summed E-state index contributed by atoms with van der Waals surface area (Å²) in [6, 6.07) is 6.57. The van der Waals surface area contributed by atoms with Crippen LogP contribution in [0.2, 0.25) is 0 Å². The summed E-state index contributed by atoms with van der Waals surface area (Å²) in [5.41, 5.74) is 2.95. The molecule has 0 fully saturated rings. The number of carboxylic acid groups (broad SMARTS) is 2. The molecule has 19 heavy (non-hydrogen) atoms. The van der Waals surface area contributed by atoms with Gasteiger partial charge in [0.25, 0.3) is 11.9 Å². The Morgan fingerprint density at radius 1 is 1.00 bits per heavy atom. The van der Waals surface area contributed by atoms with E-state index >= 15 is 0 Å². The van der Waals surface area contributed by atoms with Gasteiger partial charge in [0.1, 0.15) is 0 Å². The molecule has 0 aliphatic heterocycles. The van der Waals surface area contributed by atoms with Crippen LogP contribution in [0, 0.1) is 3.57 Å². The summed E-state index contributed by atoms with van der Waals surface area (Å²) in [6.07, 6.45) is 2.29. The number of aryl methyl sites for hydroxylation is 2. The normalized spacial score (nSPS) is 8.47. The van der Waals surface area contributed by atoms with Crippen molar-refractivity contribution in [3.8, 4) is 0 Å². The van der Waals surface area contributed by atoms with Crippen LogP contribution < -0.4 is 0 Å². The highest BCUT2D eigenvalue weighted by Gasteiger charge is 2.00. The highest BCUT2D eigenvalue weighted by molar-refractivity contribution is 14.1. The van der Waals surface area contributed by atoms with Gasteiger partial charge in [0.15, 0.2) is 0 Å². The SMILES string of the molecule is CC(=O)O.CC(=O)O.CCc1cccc(CC)c1I. The number of carboxylic acids is 2. The third kappa shape index (κ3) is 13.1. The number of benzene rings is 1. The molecule has 0 saturated carbocycles. The molecule has 1 aromatic carbocycles. The van der Waals surface area contributed by atoms with E-state index in [-0.39, 0.29) is 0 Å². The van der Waals surface area contributed by atoms with Crippen LogP contribution in [-0.4, -0.2) is 22.2 Å². The predicted octanol–water partition coefficient (Wildman–Crippen LogP) is 3.60. The number of halogens is 1. The fourth-order valence-corrected chi connectivity index (χ4v) is 2.30. The summed E-state index contributed by atoms with van der Waals surface area (Å²) in [5, 5.41) is 14.8. The Morgan fingerprint density at radius 3 is 1.47 bits per heavy atom. The van der Waals surface area contributed by atoms with Gasteiger partial charge in [-0.15, -0.1) is 0 Å². The second-order valence-corrected chi connectivity index (χ2v) is 4.71. The van der Waals surface area contributed by atoms with E-state index in [0.29, 0.717) is 0 Å². The van der Waals surface area contributed by atoms with E-state index in [1.165, 1.54) is 14.7 Å². The predicted molar refractivity (Wildman–Crippen MR) is 84.5 cm³/mol. The van der Waals surface area contributed by atoms with Gasteiger partial charge in [-0.25, -0.2) is 0 Å². The minimum Gasteiger partial charge on any atom is -0.481 e. The molecule has 2 N–H and O–H groups in total. The van der Waals surface area contributed by atoms with Crippen LogP contribution in [0.1, 0.15) is 38.8 Å². The molecular weight excluding hydrogens is 359 g/mol. The van der Waals surface area contributed by atoms with Gasteiger partial charge in [0.2, 0.25) is 0 Å². The van der Waals surface area contributed by atoms with E-state index in [1.54, 1.807) is 0 Å². The molecule has 4 nitrogen and oxygen atoms in total. The monoisotopic (exact) mass is 380 g/mol. The molecule has 5 heteroatoms. The topological polar surface area (TPSA) is 74.6 Å². The van der Waals surface area contributed by atoms with Crippen LogP contribution in [0.25, 0.3) is 0 Å². The first kappa shape index (κ1) is 20.2. The quantitative estimate of drug-likeness (QED) is 0.769. The van der Waals surface area contributed by atoms with Crippen molar-refractivity contribution in [1.82, 2.24) is 0 Å². The molecule has 0 aromatic heterocycles. The molecule has 0 aliphatic carbocycles. The van der Waals surface area contributed by atoms with Crippen LogP contribution in [0.15, 0.2) is 18.2 Å². The lowest BCUT2D eigenvalue weighted by atomic mass is 10.1. The Hall–Kier alpha value is -1.11. The lowest BCUT2D eigenvalue weighted by Gasteiger charge is -2.05. The Morgan fingerprint density at radius 2 is 1.26 bits per heavy atom. The van der Waals surface area contributed by atoms with Crippen molar-refractivity contribution in [3.63, 3.8) is 0 Å². The molecular formula is C14H21IO4. The van der Waals surface area contributed by atoms with Crippen molar-refractivity contribution >= 4 is 34.5 Å². The van der Waals surface area contributed by atoms with E-state index in [0.717, 1.165) is 26.7 Å². The zero-order valence-corrected chi connectivity index (χ0v) is 13.9. The molecule has 1 aromatic rings. The summed E-state index contributed by atoms with van der Waals surface area (Å²) in [6.45, 7) is 6.58. The molecule has 0 saturated heterocycles. The van der Waals surface area contributed by atoms with Crippen LogP contribution >= 0.6 is 22.6 Å². The second kappa shape index (κ2) is 12.0. The third-order valence-electron chi connectivity index (χ3n) is 1.92. The maximum atomic E-state index is 9.00. The van der Waals surface area contributed by atoms with Gasteiger partial charge in [-0.2, -0.15) is 0 Å². The molecule has 0 unspecified atom stereocenters. The van der Waals surface area contributed by atoms with Gasteiger partial charge in [-0.1, -0.05) is 32.0 Å². The van der Waals surface area contributed by atoms with Crippen molar-refractivity contribution < 1.29 is 19.8 Å². The first-order valence-electron chi connectivity index (χ1n) is 5.91. The van der Waals surface area contributed by atoms with Crippen LogP contribution in [0.3, 0.4) is 0 Å².